The van der Waals surface area contributed by atoms with Crippen LogP contribution in [0.1, 0.15) is 27.7 Å². The third-order valence-corrected chi connectivity index (χ3v) is 3.33. The van der Waals surface area contributed by atoms with Gasteiger partial charge in [-0.15, -0.1) is 0 Å². The summed E-state index contributed by atoms with van der Waals surface area (Å²) >= 11 is 0. The zero-order valence-corrected chi connectivity index (χ0v) is 12.5. The first kappa shape index (κ1) is 16.1. The van der Waals surface area contributed by atoms with Crippen molar-refractivity contribution in [2.75, 3.05) is 26.4 Å². The van der Waals surface area contributed by atoms with E-state index in [-0.39, 0.29) is 13.2 Å². The fraction of sp³-hybridized carbons (Fsp3) is 1.00. The van der Waals surface area contributed by atoms with E-state index >= 15 is 0 Å². The van der Waals surface area contributed by atoms with Gasteiger partial charge in [0.1, 0.15) is 18.3 Å². The van der Waals surface area contributed by atoms with Crippen LogP contribution in [0.4, 0.5) is 0 Å². The molecule has 7 nitrogen and oxygen atoms in total. The molecule has 0 aromatic rings. The molecule has 0 amide bonds. The molecular formula is C13H24O7. The van der Waals surface area contributed by atoms with E-state index in [1.54, 1.807) is 13.8 Å². The Morgan fingerprint density at radius 3 is 1.75 bits per heavy atom. The number of aliphatic hydroxyl groups excluding tert-OH is 1. The van der Waals surface area contributed by atoms with Crippen molar-refractivity contribution in [1.82, 2.24) is 0 Å². The summed E-state index contributed by atoms with van der Waals surface area (Å²) in [6, 6.07) is 0. The van der Waals surface area contributed by atoms with Gasteiger partial charge in [-0.2, -0.15) is 0 Å². The number of aliphatic hydroxyl groups is 1. The van der Waals surface area contributed by atoms with Crippen LogP contribution >= 0.6 is 0 Å². The van der Waals surface area contributed by atoms with Crippen molar-refractivity contribution in [3.63, 3.8) is 0 Å². The first-order valence-electron chi connectivity index (χ1n) is 7.01. The average Bonchev–Trinajstić information content (AvgIpc) is 2.94. The summed E-state index contributed by atoms with van der Waals surface area (Å²) in [5, 5.41) is 10.3. The van der Waals surface area contributed by atoms with Crippen LogP contribution in [-0.4, -0.2) is 61.8 Å². The number of hydrogen-bond donors (Lipinski definition) is 1. The minimum Gasteiger partial charge on any atom is -0.387 e. The van der Waals surface area contributed by atoms with Gasteiger partial charge in [0.15, 0.2) is 0 Å². The highest BCUT2D eigenvalue weighted by Gasteiger charge is 2.48. The van der Waals surface area contributed by atoms with E-state index in [2.05, 4.69) is 0 Å². The molecule has 0 radical (unpaired) electrons. The lowest BCUT2D eigenvalue weighted by Gasteiger charge is -2.27. The van der Waals surface area contributed by atoms with E-state index in [1.807, 2.05) is 13.8 Å². The third-order valence-electron chi connectivity index (χ3n) is 3.33. The Hall–Kier alpha value is -0.280. The molecule has 4 atom stereocenters. The molecule has 2 aliphatic rings. The summed E-state index contributed by atoms with van der Waals surface area (Å²) in [4.78, 5) is 0. The van der Waals surface area contributed by atoms with Gasteiger partial charge in [-0.1, -0.05) is 0 Å². The van der Waals surface area contributed by atoms with Gasteiger partial charge in [-0.25, -0.2) is 0 Å². The lowest BCUT2D eigenvalue weighted by Crippen LogP contribution is -2.43. The van der Waals surface area contributed by atoms with Gasteiger partial charge in [-0.3, -0.25) is 0 Å². The minimum atomic E-state index is -1.11. The van der Waals surface area contributed by atoms with E-state index in [4.69, 9.17) is 28.4 Å². The van der Waals surface area contributed by atoms with Crippen molar-refractivity contribution < 1.29 is 33.5 Å². The number of rotatable bonds is 6. The van der Waals surface area contributed by atoms with Gasteiger partial charge in [0.05, 0.1) is 13.2 Å². The second-order valence-corrected chi connectivity index (χ2v) is 5.02. The Morgan fingerprint density at radius 1 is 1.00 bits per heavy atom. The van der Waals surface area contributed by atoms with Crippen LogP contribution in [0.15, 0.2) is 0 Å². The highest BCUT2D eigenvalue weighted by molar-refractivity contribution is 4.85. The molecule has 2 heterocycles. The van der Waals surface area contributed by atoms with Crippen molar-refractivity contribution in [3.8, 4) is 0 Å². The largest absolute Gasteiger partial charge is 0.387 e. The van der Waals surface area contributed by atoms with Gasteiger partial charge in [0.2, 0.25) is 0 Å². The summed E-state index contributed by atoms with van der Waals surface area (Å²) in [6.07, 6.45) is -1.92. The Morgan fingerprint density at radius 2 is 1.40 bits per heavy atom. The first-order valence-corrected chi connectivity index (χ1v) is 7.01. The molecule has 0 spiro atoms. The SMILES string of the molecule is CCOC1(C)OC[C@H](C(O)[C@H]2COC(C)(OCC)O2)O1. The molecule has 0 aromatic carbocycles. The highest BCUT2D eigenvalue weighted by atomic mass is 16.9. The first-order chi connectivity index (χ1) is 9.41. The van der Waals surface area contributed by atoms with Gasteiger partial charge in [0, 0.05) is 27.1 Å². The predicted molar refractivity (Wildman–Crippen MR) is 67.7 cm³/mol. The summed E-state index contributed by atoms with van der Waals surface area (Å²) in [7, 11) is 0. The van der Waals surface area contributed by atoms with E-state index in [0.717, 1.165) is 0 Å². The lowest BCUT2D eigenvalue weighted by molar-refractivity contribution is -0.336. The second-order valence-electron chi connectivity index (χ2n) is 5.02. The Bertz CT molecular complexity index is 296. The Labute approximate surface area is 119 Å². The number of hydrogen-bond acceptors (Lipinski definition) is 7. The van der Waals surface area contributed by atoms with E-state index in [9.17, 15) is 5.11 Å². The second kappa shape index (κ2) is 6.23. The van der Waals surface area contributed by atoms with Gasteiger partial charge >= 0.3 is 0 Å². The van der Waals surface area contributed by atoms with Crippen LogP contribution in [0.2, 0.25) is 0 Å². The molecule has 0 saturated carbocycles. The molecule has 2 unspecified atom stereocenters. The van der Waals surface area contributed by atoms with Gasteiger partial charge in [0.25, 0.3) is 11.9 Å². The molecular weight excluding hydrogens is 268 g/mol. The average molecular weight is 292 g/mol. The summed E-state index contributed by atoms with van der Waals surface area (Å²) in [5.41, 5.74) is 0. The molecule has 2 aliphatic heterocycles. The van der Waals surface area contributed by atoms with Crippen LogP contribution in [0, 0.1) is 0 Å². The molecule has 20 heavy (non-hydrogen) atoms. The Balaban J connectivity index is 1.89. The monoisotopic (exact) mass is 292 g/mol. The maximum atomic E-state index is 10.3. The van der Waals surface area contributed by atoms with Crippen molar-refractivity contribution in [1.29, 1.82) is 0 Å². The molecule has 0 aromatic heterocycles. The van der Waals surface area contributed by atoms with Crippen LogP contribution in [0.25, 0.3) is 0 Å². The molecule has 0 aliphatic carbocycles. The zero-order chi connectivity index (χ0) is 14.8. The maximum absolute atomic E-state index is 10.3. The quantitative estimate of drug-likeness (QED) is 0.768. The molecule has 2 rings (SSSR count). The zero-order valence-electron chi connectivity index (χ0n) is 12.5. The molecule has 0 bridgehead atoms. The van der Waals surface area contributed by atoms with Crippen molar-refractivity contribution >= 4 is 0 Å². The fourth-order valence-electron chi connectivity index (χ4n) is 2.40. The van der Waals surface area contributed by atoms with Crippen LogP contribution in [-0.2, 0) is 28.4 Å². The van der Waals surface area contributed by atoms with Crippen LogP contribution < -0.4 is 0 Å². The smallest absolute Gasteiger partial charge is 0.280 e. The molecule has 118 valence electrons. The minimum absolute atomic E-state index is 0.239. The lowest BCUT2D eigenvalue weighted by atomic mass is 10.1. The van der Waals surface area contributed by atoms with Crippen molar-refractivity contribution in [3.05, 3.63) is 0 Å². The summed E-state index contributed by atoms with van der Waals surface area (Å²) in [5.74, 6) is -2.22. The molecule has 2 saturated heterocycles. The van der Waals surface area contributed by atoms with Gasteiger partial charge < -0.3 is 33.5 Å². The summed E-state index contributed by atoms with van der Waals surface area (Å²) < 4.78 is 32.8. The van der Waals surface area contributed by atoms with E-state index in [0.29, 0.717) is 13.2 Å². The van der Waals surface area contributed by atoms with E-state index < -0.39 is 30.3 Å². The maximum Gasteiger partial charge on any atom is 0.280 e. The topological polar surface area (TPSA) is 75.6 Å². The third kappa shape index (κ3) is 3.48. The van der Waals surface area contributed by atoms with Crippen LogP contribution in [0.5, 0.6) is 0 Å². The van der Waals surface area contributed by atoms with E-state index in [1.165, 1.54) is 0 Å². The standard InChI is InChI=1S/C13H24O7/c1-5-15-12(3)17-7-9(19-12)11(14)10-8-18-13(4,20-10)16-6-2/h9-11,14H,5-8H2,1-4H3/t9-,10-,11?,12?,13?/m1/s1. The fourth-order valence-corrected chi connectivity index (χ4v) is 2.40. The van der Waals surface area contributed by atoms with Gasteiger partial charge in [-0.05, 0) is 13.8 Å². The van der Waals surface area contributed by atoms with Crippen molar-refractivity contribution in [2.24, 2.45) is 0 Å². The normalized spacial score (nSPS) is 43.0. The highest BCUT2D eigenvalue weighted by Crippen LogP contribution is 2.32. The summed E-state index contributed by atoms with van der Waals surface area (Å²) in [6.45, 7) is 8.46. The molecule has 2 fully saturated rings. The number of ether oxygens (including phenoxy) is 6. The predicted octanol–water partition coefficient (Wildman–Crippen LogP) is 0.598. The molecule has 1 N–H and O–H groups in total. The van der Waals surface area contributed by atoms with Crippen LogP contribution in [0.3, 0.4) is 0 Å². The molecule has 7 heteroatoms. The van der Waals surface area contributed by atoms with Crippen molar-refractivity contribution in [2.45, 2.75) is 58.0 Å². The Kier molecular flexibility index (Phi) is 5.01.